The maximum atomic E-state index is 12.9. The molecule has 1 aliphatic carbocycles. The quantitative estimate of drug-likeness (QED) is 0.817. The summed E-state index contributed by atoms with van der Waals surface area (Å²) < 4.78 is 1.93. The first-order valence-corrected chi connectivity index (χ1v) is 9.47. The highest BCUT2D eigenvalue weighted by atomic mass is 32.1. The fourth-order valence-corrected chi connectivity index (χ4v) is 4.37. The van der Waals surface area contributed by atoms with Gasteiger partial charge in [0.25, 0.3) is 5.91 Å². The van der Waals surface area contributed by atoms with E-state index in [0.29, 0.717) is 18.4 Å². The van der Waals surface area contributed by atoms with Crippen LogP contribution in [0.15, 0.2) is 17.6 Å². The summed E-state index contributed by atoms with van der Waals surface area (Å²) in [6.07, 6.45) is 6.38. The Balaban J connectivity index is 1.90. The highest BCUT2D eigenvalue weighted by Gasteiger charge is 2.40. The second-order valence-corrected chi connectivity index (χ2v) is 7.56. The summed E-state index contributed by atoms with van der Waals surface area (Å²) in [7, 11) is 0. The summed E-state index contributed by atoms with van der Waals surface area (Å²) in [6.45, 7) is 3.79. The molecule has 2 aromatic heterocycles. The third-order valence-corrected chi connectivity index (χ3v) is 5.76. The van der Waals surface area contributed by atoms with E-state index >= 15 is 0 Å². The van der Waals surface area contributed by atoms with E-state index < -0.39 is 11.5 Å². The number of nitrogens with zero attached hydrogens (tertiary/aromatic N) is 2. The van der Waals surface area contributed by atoms with Gasteiger partial charge in [0.1, 0.15) is 5.54 Å². The first-order valence-electron chi connectivity index (χ1n) is 8.59. The first-order chi connectivity index (χ1) is 11.9. The van der Waals surface area contributed by atoms with E-state index in [1.165, 1.54) is 11.3 Å². The smallest absolute Gasteiger partial charge is 0.329 e. The van der Waals surface area contributed by atoms with Gasteiger partial charge in [0.2, 0.25) is 0 Å². The SMILES string of the molecule is Cc1cc(C(=O)NC2(C(=O)O)CCCCCC2)c(C)n1-c1nccs1. The predicted octanol–water partition coefficient (Wildman–Crippen LogP) is 3.46. The van der Waals surface area contributed by atoms with Crippen molar-refractivity contribution in [3.63, 3.8) is 0 Å². The molecule has 25 heavy (non-hydrogen) atoms. The Hall–Kier alpha value is -2.15. The molecule has 1 amide bonds. The fraction of sp³-hybridized carbons (Fsp3) is 0.500. The molecule has 0 aromatic carbocycles. The average Bonchev–Trinajstić information content (AvgIpc) is 3.10. The third kappa shape index (κ3) is 3.33. The molecular weight excluding hydrogens is 338 g/mol. The van der Waals surface area contributed by atoms with Gasteiger partial charge < -0.3 is 10.4 Å². The van der Waals surface area contributed by atoms with Crippen LogP contribution in [-0.4, -0.2) is 32.1 Å². The van der Waals surface area contributed by atoms with E-state index in [9.17, 15) is 14.7 Å². The lowest BCUT2D eigenvalue weighted by atomic mass is 9.90. The zero-order valence-electron chi connectivity index (χ0n) is 14.5. The van der Waals surface area contributed by atoms with Gasteiger partial charge in [-0.15, -0.1) is 11.3 Å². The van der Waals surface area contributed by atoms with Crippen LogP contribution in [0.25, 0.3) is 5.13 Å². The molecule has 1 fully saturated rings. The maximum Gasteiger partial charge on any atom is 0.329 e. The predicted molar refractivity (Wildman–Crippen MR) is 96.5 cm³/mol. The molecule has 0 unspecified atom stereocenters. The van der Waals surface area contributed by atoms with E-state index in [1.807, 2.05) is 23.8 Å². The minimum absolute atomic E-state index is 0.319. The van der Waals surface area contributed by atoms with Crippen molar-refractivity contribution in [1.29, 1.82) is 0 Å². The van der Waals surface area contributed by atoms with Crippen LogP contribution in [0.4, 0.5) is 0 Å². The Bertz CT molecular complexity index is 772. The van der Waals surface area contributed by atoms with Gasteiger partial charge in [-0.05, 0) is 32.8 Å². The maximum absolute atomic E-state index is 12.9. The van der Waals surface area contributed by atoms with Crippen molar-refractivity contribution < 1.29 is 14.7 Å². The van der Waals surface area contributed by atoms with Crippen molar-refractivity contribution in [3.05, 3.63) is 34.6 Å². The molecule has 1 saturated carbocycles. The lowest BCUT2D eigenvalue weighted by Crippen LogP contribution is -2.54. The topological polar surface area (TPSA) is 84.2 Å². The second kappa shape index (κ2) is 7.00. The van der Waals surface area contributed by atoms with E-state index in [1.54, 1.807) is 12.3 Å². The number of thiazole rings is 1. The summed E-state index contributed by atoms with van der Waals surface area (Å²) >= 11 is 1.50. The van der Waals surface area contributed by atoms with Gasteiger partial charge in [-0.1, -0.05) is 25.7 Å². The summed E-state index contributed by atoms with van der Waals surface area (Å²) in [6, 6.07) is 1.80. The van der Waals surface area contributed by atoms with E-state index in [4.69, 9.17) is 0 Å². The molecule has 0 aliphatic heterocycles. The number of hydrogen-bond donors (Lipinski definition) is 2. The Labute approximate surface area is 150 Å². The monoisotopic (exact) mass is 361 g/mol. The zero-order chi connectivity index (χ0) is 18.0. The summed E-state index contributed by atoms with van der Waals surface area (Å²) in [4.78, 5) is 29.1. The Kier molecular flexibility index (Phi) is 4.94. The highest BCUT2D eigenvalue weighted by molar-refractivity contribution is 7.12. The fourth-order valence-electron chi connectivity index (χ4n) is 3.62. The minimum Gasteiger partial charge on any atom is -0.480 e. The van der Waals surface area contributed by atoms with Gasteiger partial charge >= 0.3 is 5.97 Å². The number of carboxylic acid groups (broad SMARTS) is 1. The lowest BCUT2D eigenvalue weighted by molar-refractivity contribution is -0.145. The molecule has 7 heteroatoms. The molecule has 1 aliphatic rings. The first kappa shape index (κ1) is 17.7. The van der Waals surface area contributed by atoms with Crippen molar-refractivity contribution >= 4 is 23.2 Å². The van der Waals surface area contributed by atoms with Gasteiger partial charge in [0, 0.05) is 23.0 Å². The van der Waals surface area contributed by atoms with E-state index in [2.05, 4.69) is 10.3 Å². The van der Waals surface area contributed by atoms with Gasteiger partial charge in [-0.3, -0.25) is 9.36 Å². The van der Waals surface area contributed by atoms with Crippen LogP contribution < -0.4 is 5.32 Å². The average molecular weight is 361 g/mol. The van der Waals surface area contributed by atoms with E-state index in [0.717, 1.165) is 42.2 Å². The number of hydrogen-bond acceptors (Lipinski definition) is 4. The van der Waals surface area contributed by atoms with Gasteiger partial charge in [-0.25, -0.2) is 9.78 Å². The Morgan fingerprint density at radius 3 is 2.48 bits per heavy atom. The molecule has 2 aromatic rings. The molecular formula is C18H23N3O3S. The summed E-state index contributed by atoms with van der Waals surface area (Å²) in [5.74, 6) is -1.25. The molecule has 134 valence electrons. The molecule has 3 rings (SSSR count). The number of aryl methyl sites for hydroxylation is 1. The second-order valence-electron chi connectivity index (χ2n) is 6.69. The number of amides is 1. The van der Waals surface area contributed by atoms with Crippen LogP contribution >= 0.6 is 11.3 Å². The zero-order valence-corrected chi connectivity index (χ0v) is 15.4. The van der Waals surface area contributed by atoms with Crippen molar-refractivity contribution in [2.24, 2.45) is 0 Å². The van der Waals surface area contributed by atoms with E-state index in [-0.39, 0.29) is 5.91 Å². The van der Waals surface area contributed by atoms with Crippen LogP contribution in [0.2, 0.25) is 0 Å². The minimum atomic E-state index is -1.16. The normalized spacial score (nSPS) is 17.0. The number of carbonyl (C=O) groups is 2. The number of aromatic nitrogens is 2. The lowest BCUT2D eigenvalue weighted by Gasteiger charge is -2.29. The van der Waals surface area contributed by atoms with Gasteiger partial charge in [0.15, 0.2) is 5.13 Å². The number of carboxylic acids is 1. The highest BCUT2D eigenvalue weighted by Crippen LogP contribution is 2.29. The number of nitrogens with one attached hydrogen (secondary N) is 1. The Morgan fingerprint density at radius 2 is 1.92 bits per heavy atom. The molecule has 0 radical (unpaired) electrons. The van der Waals surface area contributed by atoms with Gasteiger partial charge in [-0.2, -0.15) is 0 Å². The van der Waals surface area contributed by atoms with Crippen molar-refractivity contribution in [2.75, 3.05) is 0 Å². The standard InChI is InChI=1S/C18H23N3O3S/c1-12-11-14(13(2)21(12)17-19-9-10-25-17)15(22)20-18(16(23)24)7-5-3-4-6-8-18/h9-11H,3-8H2,1-2H3,(H,20,22)(H,23,24). The van der Waals surface area contributed by atoms with Crippen LogP contribution in [0.5, 0.6) is 0 Å². The molecule has 2 N–H and O–H groups in total. The Morgan fingerprint density at radius 1 is 1.24 bits per heavy atom. The summed E-state index contributed by atoms with van der Waals surface area (Å²) in [5.41, 5.74) is 1.04. The number of rotatable bonds is 4. The van der Waals surface area contributed by atoms with Gasteiger partial charge in [0.05, 0.1) is 5.56 Å². The van der Waals surface area contributed by atoms with Crippen LogP contribution in [0, 0.1) is 13.8 Å². The number of carbonyl (C=O) groups excluding carboxylic acids is 1. The molecule has 0 bridgehead atoms. The molecule has 6 nitrogen and oxygen atoms in total. The van der Waals surface area contributed by atoms with Crippen molar-refractivity contribution in [3.8, 4) is 5.13 Å². The molecule has 0 spiro atoms. The summed E-state index contributed by atoms with van der Waals surface area (Å²) in [5, 5.41) is 15.3. The van der Waals surface area contributed by atoms with Crippen molar-refractivity contribution in [1.82, 2.24) is 14.9 Å². The van der Waals surface area contributed by atoms with Crippen LogP contribution in [0.1, 0.15) is 60.3 Å². The number of aliphatic carboxylic acids is 1. The molecule has 0 atom stereocenters. The largest absolute Gasteiger partial charge is 0.480 e. The van der Waals surface area contributed by atoms with Crippen LogP contribution in [-0.2, 0) is 4.79 Å². The van der Waals surface area contributed by atoms with Crippen LogP contribution in [0.3, 0.4) is 0 Å². The molecule has 2 heterocycles. The van der Waals surface area contributed by atoms with Crippen molar-refractivity contribution in [2.45, 2.75) is 57.9 Å². The molecule has 0 saturated heterocycles. The third-order valence-electron chi connectivity index (χ3n) is 5.01.